The highest BCUT2D eigenvalue weighted by Crippen LogP contribution is 2.34. The molecule has 2 N–H and O–H groups in total. The summed E-state index contributed by atoms with van der Waals surface area (Å²) in [6, 6.07) is -0.392. The lowest BCUT2D eigenvalue weighted by Gasteiger charge is -2.28. The number of nitrogens with one attached hydrogen (secondary N) is 1. The van der Waals surface area contributed by atoms with Crippen molar-refractivity contribution in [2.45, 2.75) is 45.2 Å². The van der Waals surface area contributed by atoms with E-state index in [1.54, 1.807) is 11.0 Å². The van der Waals surface area contributed by atoms with Crippen LogP contribution in [-0.4, -0.2) is 40.6 Å². The molecule has 0 aliphatic heterocycles. The minimum atomic E-state index is -0.869. The Bertz CT molecular complexity index is 324. The smallest absolute Gasteiger partial charge is 0.318 e. The molecule has 5 nitrogen and oxygen atoms in total. The summed E-state index contributed by atoms with van der Waals surface area (Å²) in [5.74, 6) is -0.546. The molecule has 1 unspecified atom stereocenters. The zero-order valence-corrected chi connectivity index (χ0v) is 11.1. The van der Waals surface area contributed by atoms with Crippen LogP contribution in [0, 0.1) is 5.92 Å². The molecule has 1 aliphatic rings. The highest BCUT2D eigenvalue weighted by atomic mass is 16.4. The normalized spacial score (nSPS) is 16.2. The number of aliphatic carboxylic acids is 1. The van der Waals surface area contributed by atoms with E-state index in [4.69, 9.17) is 5.11 Å². The lowest BCUT2D eigenvalue weighted by molar-refractivity contribution is -0.137. The van der Waals surface area contributed by atoms with Gasteiger partial charge in [0.2, 0.25) is 0 Å². The number of carboxylic acid groups (broad SMARTS) is 1. The lowest BCUT2D eigenvalue weighted by Crippen LogP contribution is -2.49. The van der Waals surface area contributed by atoms with Crippen LogP contribution in [0.2, 0.25) is 0 Å². The van der Waals surface area contributed by atoms with Crippen LogP contribution in [0.5, 0.6) is 0 Å². The van der Waals surface area contributed by atoms with Gasteiger partial charge in [0.05, 0.1) is 6.42 Å². The number of nitrogens with zero attached hydrogens (tertiary/aromatic N) is 1. The molecule has 0 bridgehead atoms. The van der Waals surface area contributed by atoms with Gasteiger partial charge in [0.25, 0.3) is 0 Å². The predicted molar refractivity (Wildman–Crippen MR) is 69.3 cm³/mol. The number of hydrogen-bond donors (Lipinski definition) is 2. The van der Waals surface area contributed by atoms with Gasteiger partial charge >= 0.3 is 12.0 Å². The van der Waals surface area contributed by atoms with Gasteiger partial charge in [-0.15, -0.1) is 6.58 Å². The zero-order valence-electron chi connectivity index (χ0n) is 11.1. The highest BCUT2D eigenvalue weighted by Gasteiger charge is 2.34. The third-order valence-electron chi connectivity index (χ3n) is 3.10. The molecular formula is C13H22N2O3. The first kappa shape index (κ1) is 14.5. The molecule has 1 aliphatic carbocycles. The topological polar surface area (TPSA) is 69.6 Å². The molecule has 0 radical (unpaired) electrons. The third kappa shape index (κ3) is 4.39. The summed E-state index contributed by atoms with van der Waals surface area (Å²) >= 11 is 0. The van der Waals surface area contributed by atoms with E-state index in [2.05, 4.69) is 11.9 Å². The molecule has 2 amide bonds. The van der Waals surface area contributed by atoms with E-state index in [9.17, 15) is 9.59 Å². The highest BCUT2D eigenvalue weighted by molar-refractivity contribution is 5.76. The number of amides is 2. The van der Waals surface area contributed by atoms with Crippen molar-refractivity contribution in [3.63, 3.8) is 0 Å². The van der Waals surface area contributed by atoms with Crippen molar-refractivity contribution in [2.75, 3.05) is 6.54 Å². The summed E-state index contributed by atoms with van der Waals surface area (Å²) in [6.45, 7) is 7.94. The second-order valence-electron chi connectivity index (χ2n) is 5.03. The van der Waals surface area contributed by atoms with Crippen LogP contribution in [-0.2, 0) is 4.79 Å². The lowest BCUT2D eigenvalue weighted by atomic mass is 10.1. The van der Waals surface area contributed by atoms with Gasteiger partial charge in [0, 0.05) is 18.6 Å². The molecule has 1 rings (SSSR count). The maximum absolute atomic E-state index is 12.1. The van der Waals surface area contributed by atoms with Gasteiger partial charge in [-0.25, -0.2) is 4.79 Å². The van der Waals surface area contributed by atoms with E-state index in [1.165, 1.54) is 0 Å². The fourth-order valence-electron chi connectivity index (χ4n) is 1.93. The quantitative estimate of drug-likeness (QED) is 0.681. The summed E-state index contributed by atoms with van der Waals surface area (Å²) in [5, 5.41) is 11.7. The Labute approximate surface area is 108 Å². The molecule has 0 aromatic heterocycles. The summed E-state index contributed by atoms with van der Waals surface area (Å²) in [6.07, 6.45) is 3.67. The molecule has 5 heteroatoms. The second-order valence-corrected chi connectivity index (χ2v) is 5.03. The summed E-state index contributed by atoms with van der Waals surface area (Å²) < 4.78 is 0. The monoisotopic (exact) mass is 254 g/mol. The Hall–Kier alpha value is -1.52. The fourth-order valence-corrected chi connectivity index (χ4v) is 1.93. The fraction of sp³-hybridized carbons (Fsp3) is 0.692. The van der Waals surface area contributed by atoms with Gasteiger partial charge in [-0.1, -0.05) is 6.08 Å². The first-order valence-electron chi connectivity index (χ1n) is 6.35. The average molecular weight is 254 g/mol. The maximum atomic E-state index is 12.1. The molecule has 0 heterocycles. The van der Waals surface area contributed by atoms with E-state index >= 15 is 0 Å². The van der Waals surface area contributed by atoms with E-state index in [1.807, 2.05) is 13.8 Å². The molecule has 0 aromatic rings. The van der Waals surface area contributed by atoms with Crippen LogP contribution in [0.15, 0.2) is 12.7 Å². The van der Waals surface area contributed by atoms with Crippen molar-refractivity contribution >= 4 is 12.0 Å². The Morgan fingerprint density at radius 3 is 2.50 bits per heavy atom. The zero-order chi connectivity index (χ0) is 13.7. The predicted octanol–water partition coefficient (Wildman–Crippen LogP) is 1.85. The van der Waals surface area contributed by atoms with Crippen LogP contribution < -0.4 is 5.32 Å². The summed E-state index contributed by atoms with van der Waals surface area (Å²) in [7, 11) is 0. The Kier molecular flexibility index (Phi) is 5.19. The number of carbonyl (C=O) groups is 2. The van der Waals surface area contributed by atoms with E-state index in [-0.39, 0.29) is 24.5 Å². The molecule has 0 spiro atoms. The molecule has 102 valence electrons. The maximum Gasteiger partial charge on any atom is 0.318 e. The second kappa shape index (κ2) is 6.42. The molecule has 18 heavy (non-hydrogen) atoms. The number of carboxylic acids is 1. The first-order valence-corrected chi connectivity index (χ1v) is 6.35. The van der Waals surface area contributed by atoms with Crippen molar-refractivity contribution < 1.29 is 14.7 Å². The average Bonchev–Trinajstić information content (AvgIpc) is 3.07. The SMILES string of the molecule is C=CCN(C(=O)NC(CC(=O)O)C1CC1)C(C)C. The van der Waals surface area contributed by atoms with Gasteiger partial charge < -0.3 is 15.3 Å². The van der Waals surface area contributed by atoms with Gasteiger partial charge in [0.1, 0.15) is 0 Å². The molecule has 0 aromatic carbocycles. The standard InChI is InChI=1S/C13H22N2O3/c1-4-7-15(9(2)3)13(18)14-11(8-12(16)17)10-5-6-10/h4,9-11H,1,5-8H2,2-3H3,(H,14,18)(H,16,17). The van der Waals surface area contributed by atoms with Gasteiger partial charge in [-0.05, 0) is 32.6 Å². The van der Waals surface area contributed by atoms with Crippen molar-refractivity contribution in [1.82, 2.24) is 10.2 Å². The van der Waals surface area contributed by atoms with Gasteiger partial charge in [-0.3, -0.25) is 4.79 Å². The largest absolute Gasteiger partial charge is 0.481 e. The van der Waals surface area contributed by atoms with Crippen LogP contribution in [0.1, 0.15) is 33.1 Å². The van der Waals surface area contributed by atoms with Gasteiger partial charge in [0.15, 0.2) is 0 Å². The van der Waals surface area contributed by atoms with Gasteiger partial charge in [-0.2, -0.15) is 0 Å². The molecule has 1 atom stereocenters. The van der Waals surface area contributed by atoms with Crippen LogP contribution >= 0.6 is 0 Å². The Balaban J connectivity index is 2.58. The number of hydrogen-bond acceptors (Lipinski definition) is 2. The van der Waals surface area contributed by atoms with E-state index in [0.717, 1.165) is 12.8 Å². The molecular weight excluding hydrogens is 232 g/mol. The number of urea groups is 1. The Morgan fingerprint density at radius 2 is 2.11 bits per heavy atom. The van der Waals surface area contributed by atoms with Crippen LogP contribution in [0.4, 0.5) is 4.79 Å². The van der Waals surface area contributed by atoms with E-state index < -0.39 is 5.97 Å². The Morgan fingerprint density at radius 1 is 1.50 bits per heavy atom. The molecule has 1 fully saturated rings. The minimum absolute atomic E-state index is 0.00354. The van der Waals surface area contributed by atoms with Crippen molar-refractivity contribution in [3.05, 3.63) is 12.7 Å². The number of rotatable bonds is 7. The van der Waals surface area contributed by atoms with Crippen LogP contribution in [0.25, 0.3) is 0 Å². The van der Waals surface area contributed by atoms with Crippen molar-refractivity contribution in [2.24, 2.45) is 5.92 Å². The van der Waals surface area contributed by atoms with E-state index in [0.29, 0.717) is 12.5 Å². The molecule has 0 saturated heterocycles. The first-order chi connectivity index (χ1) is 8.45. The van der Waals surface area contributed by atoms with Crippen molar-refractivity contribution in [1.29, 1.82) is 0 Å². The summed E-state index contributed by atoms with van der Waals surface area (Å²) in [5.41, 5.74) is 0. The summed E-state index contributed by atoms with van der Waals surface area (Å²) in [4.78, 5) is 24.5. The van der Waals surface area contributed by atoms with Crippen LogP contribution in [0.3, 0.4) is 0 Å². The minimum Gasteiger partial charge on any atom is -0.481 e. The number of carbonyl (C=O) groups excluding carboxylic acids is 1. The van der Waals surface area contributed by atoms with Crippen molar-refractivity contribution in [3.8, 4) is 0 Å². The third-order valence-corrected chi connectivity index (χ3v) is 3.10. The molecule has 1 saturated carbocycles.